The molecule has 1 heterocycles. The molecule has 0 spiro atoms. The Labute approximate surface area is 134 Å². The number of nitrogens with one attached hydrogen (secondary N) is 1. The van der Waals surface area contributed by atoms with E-state index < -0.39 is 5.97 Å². The number of aryl methyl sites for hydroxylation is 2. The Hall–Kier alpha value is -2.14. The summed E-state index contributed by atoms with van der Waals surface area (Å²) in [6.45, 7) is 6.05. The third kappa shape index (κ3) is 3.95. The highest BCUT2D eigenvalue weighted by molar-refractivity contribution is 7.14. The van der Waals surface area contributed by atoms with Gasteiger partial charge in [-0.15, -0.1) is 11.3 Å². The lowest BCUT2D eigenvalue weighted by molar-refractivity contribution is -0.115. The number of hydrogen-bond acceptors (Lipinski definition) is 4. The summed E-state index contributed by atoms with van der Waals surface area (Å²) in [5.74, 6) is -0.549. The van der Waals surface area contributed by atoms with Gasteiger partial charge in [0.1, 0.15) is 5.00 Å². The molecule has 1 amide bonds. The van der Waals surface area contributed by atoms with Crippen molar-refractivity contribution in [3.05, 3.63) is 51.9 Å². The van der Waals surface area contributed by atoms with Crippen LogP contribution in [0.3, 0.4) is 0 Å². The van der Waals surface area contributed by atoms with Gasteiger partial charge < -0.3 is 10.1 Å². The monoisotopic (exact) mass is 317 g/mol. The van der Waals surface area contributed by atoms with Gasteiger partial charge in [-0.3, -0.25) is 4.79 Å². The van der Waals surface area contributed by atoms with E-state index in [0.29, 0.717) is 17.2 Å². The highest BCUT2D eigenvalue weighted by Crippen LogP contribution is 2.24. The summed E-state index contributed by atoms with van der Waals surface area (Å²) < 4.78 is 4.98. The molecular weight excluding hydrogens is 298 g/mol. The van der Waals surface area contributed by atoms with Gasteiger partial charge in [-0.25, -0.2) is 4.79 Å². The summed E-state index contributed by atoms with van der Waals surface area (Å²) in [4.78, 5) is 24.0. The minimum absolute atomic E-state index is 0.137. The van der Waals surface area contributed by atoms with Crippen molar-refractivity contribution < 1.29 is 14.3 Å². The standard InChI is InChI=1S/C17H19NO3S/c1-4-21-17(20)14-7-8-22-16(14)18-15(19)10-13-9-11(2)5-6-12(13)3/h5-9H,4,10H2,1-3H3,(H,18,19). The molecule has 4 nitrogen and oxygen atoms in total. The lowest BCUT2D eigenvalue weighted by Crippen LogP contribution is -2.16. The summed E-state index contributed by atoms with van der Waals surface area (Å²) in [6, 6.07) is 7.70. The van der Waals surface area contributed by atoms with Crippen molar-refractivity contribution in [1.82, 2.24) is 0 Å². The van der Waals surface area contributed by atoms with Crippen LogP contribution in [0.1, 0.15) is 34.0 Å². The Bertz CT molecular complexity index is 691. The molecule has 5 heteroatoms. The number of amides is 1. The van der Waals surface area contributed by atoms with Gasteiger partial charge in [0.2, 0.25) is 5.91 Å². The zero-order valence-electron chi connectivity index (χ0n) is 12.9. The maximum absolute atomic E-state index is 12.2. The summed E-state index contributed by atoms with van der Waals surface area (Å²) in [6.07, 6.45) is 0.285. The summed E-state index contributed by atoms with van der Waals surface area (Å²) in [7, 11) is 0. The van der Waals surface area contributed by atoms with Crippen LogP contribution in [0.2, 0.25) is 0 Å². The lowest BCUT2D eigenvalue weighted by atomic mass is 10.0. The summed E-state index contributed by atoms with van der Waals surface area (Å²) >= 11 is 1.32. The molecule has 0 fully saturated rings. The van der Waals surface area contributed by atoms with Crippen LogP contribution in [0, 0.1) is 13.8 Å². The van der Waals surface area contributed by atoms with Crippen molar-refractivity contribution in [3.8, 4) is 0 Å². The quantitative estimate of drug-likeness (QED) is 0.855. The number of ether oxygens (including phenoxy) is 1. The number of rotatable bonds is 5. The number of benzene rings is 1. The normalized spacial score (nSPS) is 10.3. The molecule has 22 heavy (non-hydrogen) atoms. The van der Waals surface area contributed by atoms with E-state index in [2.05, 4.69) is 5.32 Å². The first-order chi connectivity index (χ1) is 10.5. The zero-order valence-corrected chi connectivity index (χ0v) is 13.8. The third-order valence-electron chi connectivity index (χ3n) is 3.27. The number of hydrogen-bond donors (Lipinski definition) is 1. The molecule has 0 aliphatic rings. The molecule has 0 unspecified atom stereocenters. The smallest absolute Gasteiger partial charge is 0.341 e. The summed E-state index contributed by atoms with van der Waals surface area (Å²) in [5, 5.41) is 5.10. The van der Waals surface area contributed by atoms with Crippen LogP contribution in [0.5, 0.6) is 0 Å². The highest BCUT2D eigenvalue weighted by Gasteiger charge is 2.16. The van der Waals surface area contributed by atoms with E-state index >= 15 is 0 Å². The first-order valence-electron chi connectivity index (χ1n) is 7.12. The molecule has 0 saturated carbocycles. The van der Waals surface area contributed by atoms with Gasteiger partial charge in [-0.2, -0.15) is 0 Å². The predicted octanol–water partition coefficient (Wildman–Crippen LogP) is 3.72. The molecule has 1 aromatic heterocycles. The Balaban J connectivity index is 2.08. The number of carbonyl (C=O) groups excluding carboxylic acids is 2. The van der Waals surface area contributed by atoms with Crippen molar-refractivity contribution in [3.63, 3.8) is 0 Å². The van der Waals surface area contributed by atoms with Crippen LogP contribution in [0.4, 0.5) is 5.00 Å². The third-order valence-corrected chi connectivity index (χ3v) is 4.10. The Morgan fingerprint density at radius 2 is 2.00 bits per heavy atom. The van der Waals surface area contributed by atoms with Gasteiger partial charge in [0, 0.05) is 0 Å². The van der Waals surface area contributed by atoms with Crippen LogP contribution >= 0.6 is 11.3 Å². The van der Waals surface area contributed by atoms with Gasteiger partial charge in [0.05, 0.1) is 18.6 Å². The Morgan fingerprint density at radius 3 is 2.73 bits per heavy atom. The second kappa shape index (κ2) is 7.22. The molecule has 116 valence electrons. The van der Waals surface area contributed by atoms with Crippen LogP contribution < -0.4 is 5.32 Å². The average Bonchev–Trinajstić information content (AvgIpc) is 2.91. The molecule has 2 rings (SSSR count). The SMILES string of the molecule is CCOC(=O)c1ccsc1NC(=O)Cc1cc(C)ccc1C. The number of esters is 1. The van der Waals surface area contributed by atoms with Crippen molar-refractivity contribution >= 4 is 28.2 Å². The lowest BCUT2D eigenvalue weighted by Gasteiger charge is -2.08. The van der Waals surface area contributed by atoms with Crippen LogP contribution in [-0.4, -0.2) is 18.5 Å². The maximum atomic E-state index is 12.2. The van der Waals surface area contributed by atoms with E-state index in [1.807, 2.05) is 32.0 Å². The molecule has 0 bridgehead atoms. The van der Waals surface area contributed by atoms with Gasteiger partial charge in [-0.1, -0.05) is 23.8 Å². The summed E-state index contributed by atoms with van der Waals surface area (Å²) in [5.41, 5.74) is 3.60. The Morgan fingerprint density at radius 1 is 1.23 bits per heavy atom. The van der Waals surface area contributed by atoms with Crippen molar-refractivity contribution in [2.45, 2.75) is 27.2 Å². The van der Waals surface area contributed by atoms with Crippen molar-refractivity contribution in [2.24, 2.45) is 0 Å². The van der Waals surface area contributed by atoms with Gasteiger partial charge in [0.15, 0.2) is 0 Å². The van der Waals surface area contributed by atoms with E-state index in [9.17, 15) is 9.59 Å². The molecule has 0 radical (unpaired) electrons. The molecule has 0 aliphatic heterocycles. The van der Waals surface area contributed by atoms with E-state index in [1.165, 1.54) is 11.3 Å². The predicted molar refractivity (Wildman–Crippen MR) is 88.5 cm³/mol. The minimum Gasteiger partial charge on any atom is -0.462 e. The number of carbonyl (C=O) groups is 2. The van der Waals surface area contributed by atoms with E-state index in [-0.39, 0.29) is 12.3 Å². The van der Waals surface area contributed by atoms with Gasteiger partial charge in [0.25, 0.3) is 0 Å². The fourth-order valence-electron chi connectivity index (χ4n) is 2.11. The van der Waals surface area contributed by atoms with Crippen molar-refractivity contribution in [1.29, 1.82) is 0 Å². The van der Waals surface area contributed by atoms with Crippen LogP contribution in [-0.2, 0) is 16.0 Å². The molecular formula is C17H19NO3S. The Kier molecular flexibility index (Phi) is 5.33. The molecule has 0 aliphatic carbocycles. The number of thiophene rings is 1. The average molecular weight is 317 g/mol. The topological polar surface area (TPSA) is 55.4 Å². The zero-order chi connectivity index (χ0) is 16.1. The van der Waals surface area contributed by atoms with Gasteiger partial charge in [-0.05, 0) is 43.3 Å². The van der Waals surface area contributed by atoms with E-state index in [4.69, 9.17) is 4.74 Å². The molecule has 0 saturated heterocycles. The van der Waals surface area contributed by atoms with Crippen LogP contribution in [0.15, 0.2) is 29.6 Å². The largest absolute Gasteiger partial charge is 0.462 e. The molecule has 2 aromatic rings. The minimum atomic E-state index is -0.411. The van der Waals surface area contributed by atoms with E-state index in [1.54, 1.807) is 18.4 Å². The maximum Gasteiger partial charge on any atom is 0.341 e. The highest BCUT2D eigenvalue weighted by atomic mass is 32.1. The molecule has 1 aromatic carbocycles. The van der Waals surface area contributed by atoms with Gasteiger partial charge >= 0.3 is 5.97 Å². The second-order valence-electron chi connectivity index (χ2n) is 5.04. The fourth-order valence-corrected chi connectivity index (χ4v) is 2.90. The fraction of sp³-hybridized carbons (Fsp3) is 0.294. The first kappa shape index (κ1) is 16.2. The second-order valence-corrected chi connectivity index (χ2v) is 5.95. The van der Waals surface area contributed by atoms with E-state index in [0.717, 1.165) is 16.7 Å². The first-order valence-corrected chi connectivity index (χ1v) is 7.99. The number of anilines is 1. The molecule has 1 N–H and O–H groups in total. The van der Waals surface area contributed by atoms with Crippen molar-refractivity contribution in [2.75, 3.05) is 11.9 Å². The van der Waals surface area contributed by atoms with Crippen LogP contribution in [0.25, 0.3) is 0 Å². The molecule has 0 atom stereocenters.